The third-order valence-corrected chi connectivity index (χ3v) is 21.7. The van der Waals surface area contributed by atoms with Crippen molar-refractivity contribution in [3.63, 3.8) is 0 Å². The minimum absolute atomic E-state index is 0.146. The summed E-state index contributed by atoms with van der Waals surface area (Å²) in [6, 6.07) is 0. The fourth-order valence-corrected chi connectivity index (χ4v) is 15.9. The Kier molecular flexibility index (Phi) is 34.9. The van der Waals surface area contributed by atoms with Crippen molar-refractivity contribution in [1.29, 1.82) is 0 Å². The maximum Gasteiger partial charge on any atom is 0.314 e. The van der Waals surface area contributed by atoms with Crippen LogP contribution in [0, 0.1) is 39.9 Å². The second-order valence-electron chi connectivity index (χ2n) is 28.3. The van der Waals surface area contributed by atoms with E-state index in [1.165, 1.54) is 0 Å². The number of ether oxygens (including phenoxy) is 8. The fraction of sp³-hybridized carbons (Fsp3) is 0.952. The molecule has 4 saturated carbocycles. The largest absolute Gasteiger partial charge is 0.506 e. The van der Waals surface area contributed by atoms with Crippen LogP contribution >= 0.6 is 0 Å². The van der Waals surface area contributed by atoms with E-state index in [1.807, 2.05) is 13.8 Å². The standard InChI is InChI=1S/C63H114O38/c1-27-22-62-14-5-36-60(2,12-4-13-61(36,3)59(93)100-56(91)50(98-55(90)46(84)40(78)31(73)9-18-66)34(21-28(23-68)24-69)95-53(88)45(83)39(77)30(72)8-17-65)37(62)6-15-63(27,26-62)101-57(92)51(99-58-48(86)43(81)42(80)35(25-70)96-58)49(33(75)10-19-67)97-54(89)47(85)41(79)32(74)11-20-94-52(87)44(82)38(76)29(71)7-16-64/h27-37,39-43,45-58,64-92H,4-26H2,1-3H3/b44-38+/t27?,29?,30?,31?,32?,33?,34?,35?,36?,37-,39?,40?,41?,42?,43?,45?,46?,47?,48?,49?,50?,51?,52?,53?,54?,55?,56?,57?,58?,60+,61+,62?,63-/m0/s1. The minimum Gasteiger partial charge on any atom is -0.506 e. The van der Waals surface area contributed by atoms with Gasteiger partial charge in [-0.25, -0.2) is 0 Å². The van der Waals surface area contributed by atoms with Gasteiger partial charge in [0.15, 0.2) is 43.0 Å². The molecular weight excluding hydrogens is 1360 g/mol. The van der Waals surface area contributed by atoms with Gasteiger partial charge in [-0.1, -0.05) is 20.3 Å². The summed E-state index contributed by atoms with van der Waals surface area (Å²) in [7, 11) is 0. The molecule has 0 radical (unpaired) electrons. The maximum absolute atomic E-state index is 15.1. The van der Waals surface area contributed by atoms with Gasteiger partial charge in [-0.2, -0.15) is 0 Å². The quantitative estimate of drug-likeness (QED) is 0.0153. The molecule has 1 saturated heterocycles. The summed E-state index contributed by atoms with van der Waals surface area (Å²) < 4.78 is 46.1. The summed E-state index contributed by atoms with van der Waals surface area (Å²) in [6.07, 6.45) is -58.6. The highest BCUT2D eigenvalue weighted by molar-refractivity contribution is 5.77. The first-order valence-corrected chi connectivity index (χ1v) is 34.2. The molecule has 101 heavy (non-hydrogen) atoms. The molecule has 33 atom stereocenters. The van der Waals surface area contributed by atoms with Crippen molar-refractivity contribution in [3.8, 4) is 0 Å². The molecule has 0 amide bonds. The number of hydrogen-bond acceptors (Lipinski definition) is 38. The first-order chi connectivity index (χ1) is 47.4. The molecule has 5 rings (SSSR count). The minimum atomic E-state index is -2.68. The molecule has 29 N–H and O–H groups in total. The van der Waals surface area contributed by atoms with Gasteiger partial charge in [0.2, 0.25) is 12.6 Å². The molecule has 0 aromatic carbocycles. The van der Waals surface area contributed by atoms with Gasteiger partial charge in [0, 0.05) is 52.0 Å². The van der Waals surface area contributed by atoms with E-state index in [0.29, 0.717) is 38.5 Å². The second kappa shape index (κ2) is 39.5. The molecule has 38 nitrogen and oxygen atoms in total. The smallest absolute Gasteiger partial charge is 0.314 e. The van der Waals surface area contributed by atoms with E-state index in [4.69, 9.17) is 43.0 Å². The average molecular weight is 1480 g/mol. The van der Waals surface area contributed by atoms with Crippen molar-refractivity contribution in [2.45, 2.75) is 283 Å². The lowest BCUT2D eigenvalue weighted by Crippen LogP contribution is -2.63. The van der Waals surface area contributed by atoms with Gasteiger partial charge in [-0.3, -0.25) is 4.79 Å². The lowest BCUT2D eigenvalue weighted by Gasteiger charge is -2.64. The second-order valence-corrected chi connectivity index (χ2v) is 28.3. The van der Waals surface area contributed by atoms with E-state index in [0.717, 1.165) is 0 Å². The third kappa shape index (κ3) is 21.0. The molecule has 594 valence electrons. The summed E-state index contributed by atoms with van der Waals surface area (Å²) in [5.41, 5.74) is -4.22. The van der Waals surface area contributed by atoms with Crippen LogP contribution in [0.2, 0.25) is 0 Å². The van der Waals surface area contributed by atoms with Crippen LogP contribution < -0.4 is 0 Å². The van der Waals surface area contributed by atoms with Crippen LogP contribution in [0.4, 0.5) is 0 Å². The SMILES string of the molecule is CC1CC23CCC4[C@](C)(C(=O)OC(O)C(OC(O)C(O)C(O)C(O)CCO)C(CC(CO)CO)OC(O)C(O)C(O)C(O)CCO)CCC[C@@]4(C)[C@@H]2CC[C@]1(OC(O)C(OC1OC(CO)C(O)C(O)C1O)C(OC(O)C(O)C(O)C(O)CCOC(O)/C(O)=C(\O)C(O)CCO)C(O)CCO)C3. The van der Waals surface area contributed by atoms with Crippen molar-refractivity contribution in [2.24, 2.45) is 39.9 Å². The molecule has 5 aliphatic rings. The number of esters is 1. The van der Waals surface area contributed by atoms with Crippen molar-refractivity contribution >= 4 is 5.97 Å². The van der Waals surface area contributed by atoms with Gasteiger partial charge in [-0.05, 0) is 119 Å². The third-order valence-electron chi connectivity index (χ3n) is 21.7. The Labute approximate surface area is 582 Å². The lowest BCUT2D eigenvalue weighted by molar-refractivity contribution is -0.361. The summed E-state index contributed by atoms with van der Waals surface area (Å²) in [5, 5.41) is 308. The Morgan fingerprint density at radius 1 is 0.535 bits per heavy atom. The molecule has 0 aromatic rings. The van der Waals surface area contributed by atoms with E-state index in [2.05, 4.69) is 0 Å². The highest BCUT2D eigenvalue weighted by Crippen LogP contribution is 2.74. The molecule has 0 aromatic heterocycles. The zero-order valence-electron chi connectivity index (χ0n) is 56.7. The first-order valence-electron chi connectivity index (χ1n) is 34.2. The predicted octanol–water partition coefficient (Wildman–Crippen LogP) is -9.81. The number of rotatable bonds is 45. The molecule has 29 unspecified atom stereocenters. The Hall–Kier alpha value is -2.55. The monoisotopic (exact) mass is 1480 g/mol. The number of carbonyl (C=O) groups excluding carboxylic acids is 1. The summed E-state index contributed by atoms with van der Waals surface area (Å²) in [6.45, 7) is -0.760. The summed E-state index contributed by atoms with van der Waals surface area (Å²) in [4.78, 5) is 15.1. The van der Waals surface area contributed by atoms with Crippen LogP contribution in [-0.2, 0) is 42.7 Å². The maximum atomic E-state index is 15.1. The average Bonchev–Trinajstić information content (AvgIpc) is 1.65. The van der Waals surface area contributed by atoms with Crippen LogP contribution in [0.15, 0.2) is 11.5 Å². The van der Waals surface area contributed by atoms with Crippen molar-refractivity contribution < 1.29 is 191 Å². The van der Waals surface area contributed by atoms with Crippen LogP contribution in [0.5, 0.6) is 0 Å². The van der Waals surface area contributed by atoms with E-state index >= 15 is 4.79 Å². The van der Waals surface area contributed by atoms with Gasteiger partial charge in [-0.15, -0.1) is 0 Å². The van der Waals surface area contributed by atoms with E-state index < -0.39 is 308 Å². The number of hydrogen-bond donors (Lipinski definition) is 29. The molecular formula is C63H114O38. The number of aliphatic hydroxyl groups excluding tert-OH is 29. The zero-order valence-corrected chi connectivity index (χ0v) is 56.7. The summed E-state index contributed by atoms with van der Waals surface area (Å²) >= 11 is 0. The number of carbonyl (C=O) groups is 1. The van der Waals surface area contributed by atoms with Crippen molar-refractivity contribution in [2.75, 3.05) is 52.9 Å². The zero-order chi connectivity index (χ0) is 76.0. The predicted molar refractivity (Wildman–Crippen MR) is 334 cm³/mol. The normalized spacial score (nSPS) is 34.3. The Morgan fingerprint density at radius 3 is 1.58 bits per heavy atom. The van der Waals surface area contributed by atoms with Gasteiger partial charge in [0.25, 0.3) is 0 Å². The van der Waals surface area contributed by atoms with Crippen LogP contribution in [-0.4, -0.2) is 373 Å². The summed E-state index contributed by atoms with van der Waals surface area (Å²) in [5.74, 6) is -5.99. The highest BCUT2D eigenvalue weighted by Gasteiger charge is 2.70. The van der Waals surface area contributed by atoms with E-state index in [-0.39, 0.29) is 25.2 Å². The molecule has 1 heterocycles. The highest BCUT2D eigenvalue weighted by atomic mass is 16.7. The molecule has 2 bridgehead atoms. The van der Waals surface area contributed by atoms with E-state index in [9.17, 15) is 143 Å². The number of aliphatic hydroxyl groups is 29. The topological polar surface area (TPSA) is 678 Å². The van der Waals surface area contributed by atoms with Gasteiger partial charge >= 0.3 is 5.97 Å². The number of fused-ring (bicyclic) bond motifs is 3. The Morgan fingerprint density at radius 2 is 1.05 bits per heavy atom. The van der Waals surface area contributed by atoms with Crippen LogP contribution in [0.1, 0.15) is 117 Å². The van der Waals surface area contributed by atoms with Gasteiger partial charge in [0.05, 0.1) is 54.7 Å². The molecule has 1 spiro atoms. The molecule has 1 aliphatic heterocycles. The van der Waals surface area contributed by atoms with Gasteiger partial charge in [0.1, 0.15) is 85.5 Å². The molecule has 5 fully saturated rings. The van der Waals surface area contributed by atoms with Crippen LogP contribution in [0.25, 0.3) is 0 Å². The van der Waals surface area contributed by atoms with Gasteiger partial charge < -0.3 is 186 Å². The lowest BCUT2D eigenvalue weighted by atomic mass is 9.41. The van der Waals surface area contributed by atoms with Crippen molar-refractivity contribution in [1.82, 2.24) is 0 Å². The first kappa shape index (κ1) is 89.1. The Bertz CT molecular complexity index is 2460. The molecule has 38 heteroatoms. The fourth-order valence-electron chi connectivity index (χ4n) is 15.9. The van der Waals surface area contributed by atoms with Crippen LogP contribution in [0.3, 0.4) is 0 Å². The Balaban J connectivity index is 1.45. The molecule has 4 aliphatic carbocycles. The van der Waals surface area contributed by atoms with Crippen molar-refractivity contribution in [3.05, 3.63) is 11.5 Å². The van der Waals surface area contributed by atoms with E-state index in [1.54, 1.807) is 6.92 Å².